The largest absolute Gasteiger partial charge is 0.208 e. The Morgan fingerprint density at radius 1 is 0.320 bits per heavy atom. The molecule has 0 radical (unpaired) electrons. The number of rotatable bonds is 4. The van der Waals surface area contributed by atoms with Crippen LogP contribution in [0, 0.1) is 0 Å². The lowest BCUT2D eigenvalue weighted by molar-refractivity contribution is 0.794. The van der Waals surface area contributed by atoms with Crippen molar-refractivity contribution >= 4 is 11.6 Å². The van der Waals surface area contributed by atoms with Gasteiger partial charge >= 0.3 is 0 Å². The molecule has 0 saturated heterocycles. The zero-order valence-corrected chi connectivity index (χ0v) is 27.6. The van der Waals surface area contributed by atoms with Gasteiger partial charge in [-0.2, -0.15) is 0 Å². The van der Waals surface area contributed by atoms with E-state index < -0.39 is 5.41 Å². The monoisotopic (exact) mass is 657 g/mol. The van der Waals surface area contributed by atoms with Crippen LogP contribution in [-0.4, -0.2) is 15.0 Å². The van der Waals surface area contributed by atoms with Gasteiger partial charge in [0.15, 0.2) is 17.5 Å². The zero-order valence-electron chi connectivity index (χ0n) is 26.9. The van der Waals surface area contributed by atoms with Crippen LogP contribution in [0.1, 0.15) is 22.3 Å². The maximum absolute atomic E-state index is 6.94. The van der Waals surface area contributed by atoms with Crippen molar-refractivity contribution in [2.75, 3.05) is 0 Å². The molecule has 3 nitrogen and oxygen atoms in total. The van der Waals surface area contributed by atoms with Crippen LogP contribution in [0.3, 0.4) is 0 Å². The highest BCUT2D eigenvalue weighted by Gasteiger charge is 2.51. The summed E-state index contributed by atoms with van der Waals surface area (Å²) in [6, 6.07) is 59.7. The summed E-state index contributed by atoms with van der Waals surface area (Å²) in [4.78, 5) is 14.9. The van der Waals surface area contributed by atoms with E-state index in [-0.39, 0.29) is 0 Å². The number of hydrogen-bond donors (Lipinski definition) is 0. The van der Waals surface area contributed by atoms with Crippen LogP contribution in [-0.2, 0) is 5.41 Å². The van der Waals surface area contributed by atoms with Gasteiger partial charge in [-0.15, -0.1) is 0 Å². The van der Waals surface area contributed by atoms with E-state index in [2.05, 4.69) is 97.1 Å². The Morgan fingerprint density at radius 3 is 1.26 bits per heavy atom. The van der Waals surface area contributed by atoms with Gasteiger partial charge in [-0.05, 0) is 79.9 Å². The van der Waals surface area contributed by atoms with Crippen LogP contribution >= 0.6 is 11.6 Å². The quantitative estimate of drug-likeness (QED) is 0.189. The Kier molecular flexibility index (Phi) is 6.45. The Hall–Kier alpha value is -6.16. The van der Waals surface area contributed by atoms with E-state index >= 15 is 0 Å². The predicted molar refractivity (Wildman–Crippen MR) is 203 cm³/mol. The van der Waals surface area contributed by atoms with Crippen molar-refractivity contribution in [3.8, 4) is 67.5 Å². The highest BCUT2D eigenvalue weighted by Crippen LogP contribution is 2.63. The number of halogens is 1. The number of nitrogens with zero attached hydrogens (tertiary/aromatic N) is 3. The first kappa shape index (κ1) is 28.8. The van der Waals surface area contributed by atoms with Gasteiger partial charge in [0.2, 0.25) is 0 Å². The molecule has 0 fully saturated rings. The average Bonchev–Trinajstić information content (AvgIpc) is 3.65. The summed E-state index contributed by atoms with van der Waals surface area (Å²) in [7, 11) is 0. The van der Waals surface area contributed by atoms with Crippen LogP contribution in [0.2, 0.25) is 5.02 Å². The van der Waals surface area contributed by atoms with E-state index in [9.17, 15) is 0 Å². The molecule has 0 saturated carbocycles. The molecule has 0 amide bonds. The van der Waals surface area contributed by atoms with Gasteiger partial charge < -0.3 is 0 Å². The summed E-state index contributed by atoms with van der Waals surface area (Å²) in [6.45, 7) is 0. The summed E-state index contributed by atoms with van der Waals surface area (Å²) in [5.74, 6) is 1.81. The van der Waals surface area contributed by atoms with E-state index in [1.807, 2.05) is 72.8 Å². The van der Waals surface area contributed by atoms with Crippen LogP contribution in [0.15, 0.2) is 170 Å². The summed E-state index contributed by atoms with van der Waals surface area (Å²) in [5, 5.41) is 0.621. The fourth-order valence-corrected chi connectivity index (χ4v) is 8.33. The second-order valence-electron chi connectivity index (χ2n) is 12.9. The third kappa shape index (κ3) is 4.27. The summed E-state index contributed by atoms with van der Waals surface area (Å²) >= 11 is 6.94. The number of benzene rings is 7. The summed E-state index contributed by atoms with van der Waals surface area (Å²) in [5.41, 5.74) is 14.7. The first-order valence-corrected chi connectivity index (χ1v) is 17.2. The third-order valence-corrected chi connectivity index (χ3v) is 10.4. The molecule has 1 spiro atoms. The molecule has 2 aliphatic rings. The molecule has 1 heterocycles. The minimum atomic E-state index is -0.417. The van der Waals surface area contributed by atoms with Crippen molar-refractivity contribution in [3.05, 3.63) is 197 Å². The average molecular weight is 658 g/mol. The topological polar surface area (TPSA) is 38.7 Å². The van der Waals surface area contributed by atoms with Crippen molar-refractivity contribution in [2.24, 2.45) is 0 Å². The van der Waals surface area contributed by atoms with Gasteiger partial charge in [0.25, 0.3) is 0 Å². The van der Waals surface area contributed by atoms with Gasteiger partial charge in [-0.3, -0.25) is 0 Å². The molecule has 0 bridgehead atoms. The molecule has 4 heteroatoms. The predicted octanol–water partition coefficient (Wildman–Crippen LogP) is 11.5. The number of hydrogen-bond acceptors (Lipinski definition) is 3. The van der Waals surface area contributed by atoms with Crippen LogP contribution in [0.4, 0.5) is 0 Å². The van der Waals surface area contributed by atoms with E-state index in [1.54, 1.807) is 0 Å². The Bertz CT molecular complexity index is 2490. The second kappa shape index (κ2) is 11.2. The fourth-order valence-electron chi connectivity index (χ4n) is 8.10. The molecule has 0 unspecified atom stereocenters. The van der Waals surface area contributed by atoms with E-state index in [0.29, 0.717) is 22.5 Å². The molecular formula is C46H28ClN3. The standard InChI is InChI=1S/C46H28ClN3/c47-34-26-32(25-33(27-34)45-49-43(29-13-3-1-4-14-29)48-44(50-45)30-15-5-2-6-16-30)31-23-24-38-37-19-9-12-22-41(37)46(42(38)28-31)39-20-10-7-17-35(39)36-18-8-11-21-40(36)46/h1-28H. The number of aromatic nitrogens is 3. The Labute approximate surface area is 295 Å². The van der Waals surface area contributed by atoms with Crippen LogP contribution < -0.4 is 0 Å². The molecule has 8 aromatic rings. The third-order valence-electron chi connectivity index (χ3n) is 10.2. The molecule has 0 atom stereocenters. The van der Waals surface area contributed by atoms with Crippen molar-refractivity contribution in [1.29, 1.82) is 0 Å². The van der Waals surface area contributed by atoms with E-state index in [4.69, 9.17) is 26.6 Å². The minimum absolute atomic E-state index is 0.417. The molecule has 50 heavy (non-hydrogen) atoms. The van der Waals surface area contributed by atoms with Gasteiger partial charge in [-0.1, -0.05) is 157 Å². The molecular weight excluding hydrogens is 630 g/mol. The SMILES string of the molecule is Clc1cc(-c2ccc3c(c2)C2(c4ccccc4-c4ccccc42)c2ccccc2-3)cc(-c2nc(-c3ccccc3)nc(-c3ccccc3)n2)c1. The van der Waals surface area contributed by atoms with E-state index in [0.717, 1.165) is 27.8 Å². The molecule has 1 aromatic heterocycles. The lowest BCUT2D eigenvalue weighted by atomic mass is 9.70. The number of fused-ring (bicyclic) bond motifs is 10. The lowest BCUT2D eigenvalue weighted by Gasteiger charge is -2.30. The Balaban J connectivity index is 1.17. The summed E-state index contributed by atoms with van der Waals surface area (Å²) < 4.78 is 0. The second-order valence-corrected chi connectivity index (χ2v) is 13.4. The molecule has 0 aliphatic heterocycles. The first-order valence-electron chi connectivity index (χ1n) is 16.8. The molecule has 2 aliphatic carbocycles. The molecule has 234 valence electrons. The normalized spacial score (nSPS) is 13.1. The van der Waals surface area contributed by atoms with Crippen molar-refractivity contribution in [2.45, 2.75) is 5.41 Å². The lowest BCUT2D eigenvalue weighted by Crippen LogP contribution is -2.25. The van der Waals surface area contributed by atoms with Gasteiger partial charge in [-0.25, -0.2) is 15.0 Å². The fraction of sp³-hybridized carbons (Fsp3) is 0.0217. The zero-order chi connectivity index (χ0) is 33.2. The molecule has 7 aromatic carbocycles. The molecule has 10 rings (SSSR count). The van der Waals surface area contributed by atoms with Crippen molar-refractivity contribution in [3.63, 3.8) is 0 Å². The summed E-state index contributed by atoms with van der Waals surface area (Å²) in [6.07, 6.45) is 0. The van der Waals surface area contributed by atoms with Gasteiger partial charge in [0.1, 0.15) is 0 Å². The maximum Gasteiger partial charge on any atom is 0.164 e. The van der Waals surface area contributed by atoms with Gasteiger partial charge in [0.05, 0.1) is 5.41 Å². The maximum atomic E-state index is 6.94. The van der Waals surface area contributed by atoms with Crippen molar-refractivity contribution < 1.29 is 0 Å². The Morgan fingerprint density at radius 2 is 0.740 bits per heavy atom. The van der Waals surface area contributed by atoms with Gasteiger partial charge in [0, 0.05) is 21.7 Å². The highest BCUT2D eigenvalue weighted by atomic mass is 35.5. The molecule has 0 N–H and O–H groups in total. The highest BCUT2D eigenvalue weighted by molar-refractivity contribution is 6.31. The van der Waals surface area contributed by atoms with Crippen LogP contribution in [0.25, 0.3) is 67.5 Å². The smallest absolute Gasteiger partial charge is 0.164 e. The van der Waals surface area contributed by atoms with Crippen LogP contribution in [0.5, 0.6) is 0 Å². The minimum Gasteiger partial charge on any atom is -0.208 e. The van der Waals surface area contributed by atoms with Crippen molar-refractivity contribution in [1.82, 2.24) is 15.0 Å². The van der Waals surface area contributed by atoms with E-state index in [1.165, 1.54) is 44.5 Å². The first-order chi connectivity index (χ1) is 24.7.